The molecule has 0 bridgehead atoms. The number of ether oxygens (including phenoxy) is 1. The summed E-state index contributed by atoms with van der Waals surface area (Å²) < 4.78 is 23.9. The van der Waals surface area contributed by atoms with E-state index in [0.717, 1.165) is 11.1 Å². The van der Waals surface area contributed by atoms with Crippen LogP contribution in [0.4, 0.5) is 10.1 Å². The number of fused-ring (bicyclic) bond motifs is 1. The summed E-state index contributed by atoms with van der Waals surface area (Å²) in [5.41, 5.74) is 3.42. The molecule has 1 aromatic carbocycles. The third-order valence-electron chi connectivity index (χ3n) is 3.55. The summed E-state index contributed by atoms with van der Waals surface area (Å²) in [6.45, 7) is 0.377. The minimum absolute atomic E-state index is 0.282. The molecule has 0 spiro atoms. The molecule has 2 aliphatic heterocycles. The molecule has 4 nitrogen and oxygen atoms in total. The van der Waals surface area contributed by atoms with E-state index in [1.807, 2.05) is 12.1 Å². The third kappa shape index (κ3) is 1.86. The van der Waals surface area contributed by atoms with Crippen LogP contribution in [-0.4, -0.2) is 12.5 Å². The number of hydrogen-bond acceptors (Lipinski definition) is 3. The zero-order chi connectivity index (χ0) is 14.4. The van der Waals surface area contributed by atoms with Gasteiger partial charge >= 0.3 is 0 Å². The largest absolute Gasteiger partial charge is 0.488 e. The normalized spacial score (nSPS) is 20.0. The van der Waals surface area contributed by atoms with Gasteiger partial charge in [0.1, 0.15) is 18.2 Å². The minimum Gasteiger partial charge on any atom is -0.488 e. The predicted octanol–water partition coefficient (Wildman–Crippen LogP) is 3.20. The summed E-state index contributed by atoms with van der Waals surface area (Å²) in [5, 5.41) is 2.65. The Labute approximate surface area is 119 Å². The molecule has 2 aromatic rings. The quantitative estimate of drug-likeness (QED) is 0.818. The highest BCUT2D eigenvalue weighted by molar-refractivity contribution is 6.32. The summed E-state index contributed by atoms with van der Waals surface area (Å²) >= 11 is 0. The van der Waals surface area contributed by atoms with Crippen LogP contribution in [0.1, 0.15) is 11.1 Å². The summed E-state index contributed by atoms with van der Waals surface area (Å²) in [7, 11) is 0. The van der Waals surface area contributed by atoms with Crippen molar-refractivity contribution in [3.05, 3.63) is 65.6 Å². The Morgan fingerprint density at radius 1 is 1.24 bits per heavy atom. The monoisotopic (exact) mass is 283 g/mol. The lowest BCUT2D eigenvalue weighted by Gasteiger charge is -2.02. The molecule has 3 heterocycles. The van der Waals surface area contributed by atoms with Crippen molar-refractivity contribution in [2.24, 2.45) is 0 Å². The lowest BCUT2D eigenvalue weighted by atomic mass is 10.0. The van der Waals surface area contributed by atoms with E-state index in [9.17, 15) is 9.18 Å². The molecule has 5 heteroatoms. The number of anilines is 1. The number of benzene rings is 1. The van der Waals surface area contributed by atoms with Gasteiger partial charge < -0.3 is 14.5 Å². The van der Waals surface area contributed by atoms with Crippen LogP contribution in [0.3, 0.4) is 0 Å². The van der Waals surface area contributed by atoms with Gasteiger partial charge in [-0.15, -0.1) is 0 Å². The molecule has 104 valence electrons. The molecule has 2 aliphatic rings. The van der Waals surface area contributed by atoms with Crippen molar-refractivity contribution in [1.29, 1.82) is 0 Å². The van der Waals surface area contributed by atoms with Gasteiger partial charge in [0.15, 0.2) is 0 Å². The number of rotatable bonds is 1. The van der Waals surface area contributed by atoms with Gasteiger partial charge in [-0.2, -0.15) is 0 Å². The van der Waals surface area contributed by atoms with E-state index < -0.39 is 0 Å². The molecule has 21 heavy (non-hydrogen) atoms. The first kappa shape index (κ1) is 12.0. The fourth-order valence-electron chi connectivity index (χ4n) is 2.54. The van der Waals surface area contributed by atoms with E-state index in [1.54, 1.807) is 18.6 Å². The van der Waals surface area contributed by atoms with Crippen LogP contribution in [0, 0.1) is 5.82 Å². The lowest BCUT2D eigenvalue weighted by molar-refractivity contribution is -0.110. The number of halogens is 1. The van der Waals surface area contributed by atoms with Crippen molar-refractivity contribution >= 4 is 22.7 Å². The van der Waals surface area contributed by atoms with Crippen LogP contribution in [0.15, 0.2) is 53.0 Å². The zero-order valence-electron chi connectivity index (χ0n) is 10.9. The van der Waals surface area contributed by atoms with Gasteiger partial charge in [-0.05, 0) is 30.3 Å². The van der Waals surface area contributed by atoms with Gasteiger partial charge in [0.25, 0.3) is 5.91 Å². The van der Waals surface area contributed by atoms with E-state index >= 15 is 0 Å². The maximum atomic E-state index is 13.2. The fraction of sp³-hybridized carbons (Fsp3) is 0.0625. The first-order chi connectivity index (χ1) is 10.2. The average molecular weight is 283 g/mol. The number of nitrogens with one attached hydrogen (secondary N) is 1. The first-order valence-electron chi connectivity index (χ1n) is 6.44. The number of allylic oxidation sites excluding steroid dienone is 1. The Bertz CT molecular complexity index is 803. The molecule has 0 unspecified atom stereocenters. The standard InChI is InChI=1S/C16H10FNO3/c17-11-1-2-12-13(6-11)18-16(19)15(12)14-5-10(8-21-14)9-3-4-20-7-9/h1-7H,8H2,(H,18,19)/b15-14+. The van der Waals surface area contributed by atoms with Crippen LogP contribution in [0.5, 0.6) is 0 Å². The molecule has 0 radical (unpaired) electrons. The maximum absolute atomic E-state index is 13.2. The van der Waals surface area contributed by atoms with Gasteiger partial charge in [0.05, 0.1) is 23.8 Å². The van der Waals surface area contributed by atoms with E-state index in [1.165, 1.54) is 12.1 Å². The number of hydrogen-bond donors (Lipinski definition) is 1. The van der Waals surface area contributed by atoms with E-state index in [2.05, 4.69) is 5.32 Å². The molecule has 0 saturated carbocycles. The van der Waals surface area contributed by atoms with Crippen molar-refractivity contribution in [2.45, 2.75) is 0 Å². The third-order valence-corrected chi connectivity index (χ3v) is 3.55. The fourth-order valence-corrected chi connectivity index (χ4v) is 2.54. The Hall–Kier alpha value is -2.82. The number of amides is 1. The van der Waals surface area contributed by atoms with Crippen LogP contribution < -0.4 is 5.32 Å². The molecular weight excluding hydrogens is 273 g/mol. The molecule has 0 saturated heterocycles. The summed E-state index contributed by atoms with van der Waals surface area (Å²) in [6, 6.07) is 6.05. The molecule has 0 aliphatic carbocycles. The second-order valence-corrected chi connectivity index (χ2v) is 4.85. The first-order valence-corrected chi connectivity index (χ1v) is 6.44. The van der Waals surface area contributed by atoms with Crippen molar-refractivity contribution < 1.29 is 18.3 Å². The molecule has 0 fully saturated rings. The van der Waals surface area contributed by atoms with Gasteiger partial charge in [-0.25, -0.2) is 4.39 Å². The van der Waals surface area contributed by atoms with Crippen molar-refractivity contribution in [1.82, 2.24) is 0 Å². The lowest BCUT2D eigenvalue weighted by Crippen LogP contribution is -2.05. The SMILES string of the molecule is O=C1Nc2cc(F)ccc2/C1=C1/C=C(c2ccoc2)CO1. The summed E-state index contributed by atoms with van der Waals surface area (Å²) in [4.78, 5) is 12.1. The van der Waals surface area contributed by atoms with Crippen LogP contribution >= 0.6 is 0 Å². The minimum atomic E-state index is -0.387. The van der Waals surface area contributed by atoms with Crippen LogP contribution in [0.2, 0.25) is 0 Å². The molecule has 1 aromatic heterocycles. The van der Waals surface area contributed by atoms with E-state index in [-0.39, 0.29) is 11.7 Å². The smallest absolute Gasteiger partial charge is 0.260 e. The second kappa shape index (κ2) is 4.34. The molecule has 0 atom stereocenters. The molecule has 1 N–H and O–H groups in total. The maximum Gasteiger partial charge on any atom is 0.260 e. The topological polar surface area (TPSA) is 51.5 Å². The number of carbonyl (C=O) groups is 1. The Kier molecular flexibility index (Phi) is 2.47. The predicted molar refractivity (Wildman–Crippen MR) is 74.6 cm³/mol. The Morgan fingerprint density at radius 3 is 2.95 bits per heavy atom. The highest BCUT2D eigenvalue weighted by atomic mass is 19.1. The Morgan fingerprint density at radius 2 is 2.14 bits per heavy atom. The van der Waals surface area contributed by atoms with E-state index in [4.69, 9.17) is 9.15 Å². The van der Waals surface area contributed by atoms with Crippen molar-refractivity contribution in [3.63, 3.8) is 0 Å². The van der Waals surface area contributed by atoms with Crippen LogP contribution in [0.25, 0.3) is 11.1 Å². The molecule has 1 amide bonds. The van der Waals surface area contributed by atoms with Gasteiger partial charge in [0, 0.05) is 16.7 Å². The Balaban J connectivity index is 1.82. The highest BCUT2D eigenvalue weighted by Crippen LogP contribution is 2.37. The highest BCUT2D eigenvalue weighted by Gasteiger charge is 2.30. The molecular formula is C16H10FNO3. The van der Waals surface area contributed by atoms with Crippen molar-refractivity contribution in [2.75, 3.05) is 11.9 Å². The molecule has 4 rings (SSSR count). The van der Waals surface area contributed by atoms with Gasteiger partial charge in [0.2, 0.25) is 0 Å². The van der Waals surface area contributed by atoms with Crippen LogP contribution in [-0.2, 0) is 9.53 Å². The second-order valence-electron chi connectivity index (χ2n) is 4.85. The zero-order valence-corrected chi connectivity index (χ0v) is 10.9. The van der Waals surface area contributed by atoms with Gasteiger partial charge in [-0.1, -0.05) is 0 Å². The summed E-state index contributed by atoms with van der Waals surface area (Å²) in [5.74, 6) is -0.174. The number of furan rings is 1. The van der Waals surface area contributed by atoms with Gasteiger partial charge in [-0.3, -0.25) is 4.79 Å². The summed E-state index contributed by atoms with van der Waals surface area (Å²) in [6.07, 6.45) is 5.03. The number of carbonyl (C=O) groups excluding carboxylic acids is 1. The average Bonchev–Trinajstić information content (AvgIpc) is 3.15. The van der Waals surface area contributed by atoms with Crippen molar-refractivity contribution in [3.8, 4) is 0 Å². The van der Waals surface area contributed by atoms with E-state index in [0.29, 0.717) is 29.2 Å².